The van der Waals surface area contributed by atoms with Crippen molar-refractivity contribution < 1.29 is 22.7 Å². The normalized spacial score (nSPS) is 18.2. The Kier molecular flexibility index (Phi) is 5.65. The molecule has 1 aliphatic rings. The molecule has 4 nitrogen and oxygen atoms in total. The Morgan fingerprint density at radius 2 is 2.18 bits per heavy atom. The summed E-state index contributed by atoms with van der Waals surface area (Å²) < 4.78 is 43.1. The predicted molar refractivity (Wildman–Crippen MR) is 76.5 cm³/mol. The quantitative estimate of drug-likeness (QED) is 0.848. The molecule has 1 heterocycles. The third-order valence-corrected chi connectivity index (χ3v) is 3.42. The number of ether oxygens (including phenoxy) is 1. The second kappa shape index (κ2) is 7.49. The van der Waals surface area contributed by atoms with Gasteiger partial charge in [-0.2, -0.15) is 13.2 Å². The van der Waals surface area contributed by atoms with Crippen LogP contribution in [0.1, 0.15) is 24.8 Å². The molecule has 1 aromatic rings. The fourth-order valence-corrected chi connectivity index (χ4v) is 2.25. The highest BCUT2D eigenvalue weighted by Gasteiger charge is 2.30. The Morgan fingerprint density at radius 3 is 2.86 bits per heavy atom. The molecule has 1 atom stereocenters. The fraction of sp³-hybridized carbons (Fsp3) is 0.533. The molecule has 0 aromatic heterocycles. The van der Waals surface area contributed by atoms with E-state index in [1.165, 1.54) is 6.07 Å². The van der Waals surface area contributed by atoms with Crippen LogP contribution in [-0.4, -0.2) is 31.7 Å². The van der Waals surface area contributed by atoms with Crippen molar-refractivity contribution in [2.45, 2.75) is 31.5 Å². The highest BCUT2D eigenvalue weighted by Crippen LogP contribution is 2.30. The molecule has 2 N–H and O–H groups in total. The first-order valence-electron chi connectivity index (χ1n) is 7.24. The number of carbonyl (C=O) groups excluding carboxylic acids is 1. The van der Waals surface area contributed by atoms with Crippen LogP contribution in [-0.2, 0) is 15.7 Å². The van der Waals surface area contributed by atoms with E-state index in [9.17, 15) is 18.0 Å². The van der Waals surface area contributed by atoms with Gasteiger partial charge in [-0.05, 0) is 31.0 Å². The third-order valence-electron chi connectivity index (χ3n) is 3.42. The summed E-state index contributed by atoms with van der Waals surface area (Å²) in [5.74, 6) is -0.144. The van der Waals surface area contributed by atoms with Crippen LogP contribution in [0.25, 0.3) is 0 Å². The predicted octanol–water partition coefficient (Wildman–Crippen LogP) is 2.80. The summed E-state index contributed by atoms with van der Waals surface area (Å²) in [5, 5.41) is 5.59. The van der Waals surface area contributed by atoms with Gasteiger partial charge >= 0.3 is 6.18 Å². The van der Waals surface area contributed by atoms with Gasteiger partial charge in [0.15, 0.2) is 0 Å². The Morgan fingerprint density at radius 1 is 1.36 bits per heavy atom. The first-order chi connectivity index (χ1) is 10.4. The van der Waals surface area contributed by atoms with Gasteiger partial charge in [-0.1, -0.05) is 6.07 Å². The number of rotatable bonds is 6. The van der Waals surface area contributed by atoms with Crippen molar-refractivity contribution in [3.8, 4) is 0 Å². The highest BCUT2D eigenvalue weighted by atomic mass is 19.4. The minimum Gasteiger partial charge on any atom is -0.385 e. The third kappa shape index (κ3) is 5.22. The molecule has 1 aliphatic heterocycles. The van der Waals surface area contributed by atoms with Gasteiger partial charge in [-0.3, -0.25) is 4.79 Å². The van der Waals surface area contributed by atoms with E-state index in [0.717, 1.165) is 31.6 Å². The summed E-state index contributed by atoms with van der Waals surface area (Å²) in [4.78, 5) is 11.6. The molecule has 0 radical (unpaired) electrons. The zero-order valence-corrected chi connectivity index (χ0v) is 12.1. The molecule has 1 saturated heterocycles. The molecule has 0 spiro atoms. The second-order valence-electron chi connectivity index (χ2n) is 5.19. The standard InChI is InChI=1S/C15H19F3N2O2/c16-15(17,18)11-3-1-4-12(9-11)19-7-6-14(21)20-10-13-5-2-8-22-13/h1,3-4,9,13,19H,2,5-8,10H2,(H,20,21). The van der Waals surface area contributed by atoms with E-state index in [4.69, 9.17) is 4.74 Å². The van der Waals surface area contributed by atoms with Gasteiger partial charge in [0.1, 0.15) is 0 Å². The average Bonchev–Trinajstić information content (AvgIpc) is 2.98. The molecule has 7 heteroatoms. The first kappa shape index (κ1) is 16.6. The van der Waals surface area contributed by atoms with Crippen LogP contribution < -0.4 is 10.6 Å². The van der Waals surface area contributed by atoms with Crippen molar-refractivity contribution in [1.82, 2.24) is 5.32 Å². The van der Waals surface area contributed by atoms with E-state index in [-0.39, 0.29) is 25.0 Å². The summed E-state index contributed by atoms with van der Waals surface area (Å²) in [5.41, 5.74) is -0.359. The average molecular weight is 316 g/mol. The highest BCUT2D eigenvalue weighted by molar-refractivity contribution is 5.76. The lowest BCUT2D eigenvalue weighted by Crippen LogP contribution is -2.32. The molecule has 0 bridgehead atoms. The number of hydrogen-bond acceptors (Lipinski definition) is 3. The van der Waals surface area contributed by atoms with Gasteiger partial charge < -0.3 is 15.4 Å². The topological polar surface area (TPSA) is 50.4 Å². The lowest BCUT2D eigenvalue weighted by molar-refractivity contribution is -0.137. The fourth-order valence-electron chi connectivity index (χ4n) is 2.25. The van der Waals surface area contributed by atoms with Crippen LogP contribution in [0.5, 0.6) is 0 Å². The van der Waals surface area contributed by atoms with Gasteiger partial charge in [0.2, 0.25) is 5.91 Å². The lowest BCUT2D eigenvalue weighted by atomic mass is 10.2. The van der Waals surface area contributed by atoms with Gasteiger partial charge in [0.05, 0.1) is 11.7 Å². The summed E-state index contributed by atoms with van der Waals surface area (Å²) in [7, 11) is 0. The van der Waals surface area contributed by atoms with Crippen LogP contribution in [0.15, 0.2) is 24.3 Å². The van der Waals surface area contributed by atoms with E-state index in [0.29, 0.717) is 12.2 Å². The van der Waals surface area contributed by atoms with Gasteiger partial charge in [-0.15, -0.1) is 0 Å². The maximum Gasteiger partial charge on any atom is 0.416 e. The second-order valence-corrected chi connectivity index (χ2v) is 5.19. The molecule has 22 heavy (non-hydrogen) atoms. The van der Waals surface area contributed by atoms with Gasteiger partial charge in [-0.25, -0.2) is 0 Å². The Bertz CT molecular complexity index is 500. The van der Waals surface area contributed by atoms with E-state index in [1.54, 1.807) is 6.07 Å². The van der Waals surface area contributed by atoms with E-state index >= 15 is 0 Å². The summed E-state index contributed by atoms with van der Waals surface area (Å²) in [6.45, 7) is 1.50. The number of hydrogen-bond donors (Lipinski definition) is 2. The van der Waals surface area contributed by atoms with Crippen molar-refractivity contribution in [2.24, 2.45) is 0 Å². The Hall–Kier alpha value is -1.76. The molecule has 1 aromatic carbocycles. The minimum atomic E-state index is -4.36. The molecule has 0 aliphatic carbocycles. The van der Waals surface area contributed by atoms with E-state index < -0.39 is 11.7 Å². The summed E-state index contributed by atoms with van der Waals surface area (Å²) in [6, 6.07) is 4.92. The maximum atomic E-state index is 12.6. The molecule has 122 valence electrons. The molecule has 1 unspecified atom stereocenters. The first-order valence-corrected chi connectivity index (χ1v) is 7.24. The molecule has 1 fully saturated rings. The zero-order valence-electron chi connectivity index (χ0n) is 12.1. The number of halogens is 3. The molecule has 2 rings (SSSR count). The number of amides is 1. The number of alkyl halides is 3. The summed E-state index contributed by atoms with van der Waals surface area (Å²) >= 11 is 0. The number of benzene rings is 1. The van der Waals surface area contributed by atoms with E-state index in [2.05, 4.69) is 10.6 Å². The van der Waals surface area contributed by atoms with Crippen LogP contribution in [0, 0.1) is 0 Å². The largest absolute Gasteiger partial charge is 0.416 e. The van der Waals surface area contributed by atoms with Crippen LogP contribution in [0.3, 0.4) is 0 Å². The van der Waals surface area contributed by atoms with Crippen LogP contribution in [0.2, 0.25) is 0 Å². The van der Waals surface area contributed by atoms with Gasteiger partial charge in [0, 0.05) is 31.8 Å². The van der Waals surface area contributed by atoms with Crippen molar-refractivity contribution in [3.63, 3.8) is 0 Å². The zero-order chi connectivity index (χ0) is 16.0. The van der Waals surface area contributed by atoms with Crippen molar-refractivity contribution >= 4 is 11.6 Å². The van der Waals surface area contributed by atoms with Crippen molar-refractivity contribution in [1.29, 1.82) is 0 Å². The molecule has 1 amide bonds. The Labute approximate surface area is 127 Å². The number of nitrogens with one attached hydrogen (secondary N) is 2. The number of carbonyl (C=O) groups is 1. The maximum absolute atomic E-state index is 12.6. The van der Waals surface area contributed by atoms with Crippen LogP contribution >= 0.6 is 0 Å². The van der Waals surface area contributed by atoms with Crippen molar-refractivity contribution in [2.75, 3.05) is 25.0 Å². The lowest BCUT2D eigenvalue weighted by Gasteiger charge is -2.12. The smallest absolute Gasteiger partial charge is 0.385 e. The Balaban J connectivity index is 1.70. The number of anilines is 1. The van der Waals surface area contributed by atoms with E-state index in [1.807, 2.05) is 0 Å². The van der Waals surface area contributed by atoms with Crippen molar-refractivity contribution in [3.05, 3.63) is 29.8 Å². The minimum absolute atomic E-state index is 0.0837. The summed E-state index contributed by atoms with van der Waals surface area (Å²) in [6.07, 6.45) is -2.12. The van der Waals surface area contributed by atoms with Crippen LogP contribution in [0.4, 0.5) is 18.9 Å². The SMILES string of the molecule is O=C(CCNc1cccc(C(F)(F)F)c1)NCC1CCCO1. The molecular formula is C15H19F3N2O2. The van der Waals surface area contributed by atoms with Gasteiger partial charge in [0.25, 0.3) is 0 Å². The molecule has 0 saturated carbocycles. The monoisotopic (exact) mass is 316 g/mol. The molecular weight excluding hydrogens is 297 g/mol.